The zero-order valence-corrected chi connectivity index (χ0v) is 17.4. The highest BCUT2D eigenvalue weighted by molar-refractivity contribution is 6.18. The van der Waals surface area contributed by atoms with Crippen LogP contribution in [0.4, 0.5) is 0 Å². The summed E-state index contributed by atoms with van der Waals surface area (Å²) in [5.41, 5.74) is 11.4. The number of ether oxygens (including phenoxy) is 1. The normalized spacial score (nSPS) is 11.3. The fraction of sp³-hybridized carbons (Fsp3) is 0.115. The first kappa shape index (κ1) is 19.0. The van der Waals surface area contributed by atoms with Crippen LogP contribution in [0, 0.1) is 6.92 Å². The molecule has 5 rings (SSSR count). The molecule has 0 atom stereocenters. The van der Waals surface area contributed by atoms with Gasteiger partial charge in [-0.1, -0.05) is 30.3 Å². The third kappa shape index (κ3) is 3.15. The third-order valence-electron chi connectivity index (χ3n) is 5.76. The van der Waals surface area contributed by atoms with Gasteiger partial charge in [0.15, 0.2) is 0 Å². The van der Waals surface area contributed by atoms with Gasteiger partial charge in [-0.15, -0.1) is 0 Å². The molecule has 2 N–H and O–H groups in total. The predicted octanol–water partition coefficient (Wildman–Crippen LogP) is 5.52. The molecule has 0 saturated heterocycles. The number of nitrogens with two attached hydrogens (primary N) is 1. The Labute approximate surface area is 179 Å². The Hall–Kier alpha value is -3.99. The van der Waals surface area contributed by atoms with Crippen molar-refractivity contribution < 1.29 is 13.9 Å². The van der Waals surface area contributed by atoms with Crippen molar-refractivity contribution in [3.63, 3.8) is 0 Å². The highest BCUT2D eigenvalue weighted by atomic mass is 16.5. The van der Waals surface area contributed by atoms with E-state index >= 15 is 0 Å². The number of carbonyl (C=O) groups is 1. The molecule has 5 heteroatoms. The molecule has 2 aromatic heterocycles. The molecule has 0 radical (unpaired) electrons. The average Bonchev–Trinajstić information content (AvgIpc) is 3.41. The topological polar surface area (TPSA) is 70.4 Å². The minimum absolute atomic E-state index is 0.431. The lowest BCUT2D eigenvalue weighted by Crippen LogP contribution is -2.11. The van der Waals surface area contributed by atoms with Crippen LogP contribution in [-0.2, 0) is 6.54 Å². The molecule has 5 nitrogen and oxygen atoms in total. The summed E-state index contributed by atoms with van der Waals surface area (Å²) in [6.45, 7) is 2.68. The number of fused-ring (bicyclic) bond motifs is 3. The van der Waals surface area contributed by atoms with Crippen LogP contribution in [0.3, 0.4) is 0 Å². The number of amides is 1. The lowest BCUT2D eigenvalue weighted by atomic mass is 10.0. The Morgan fingerprint density at radius 1 is 1.03 bits per heavy atom. The molecular formula is C26H22N2O3. The standard InChI is InChI=1S/C26H22N2O3/c1-16-13-17(8-11-23(16)30-2)15-28-21-6-3-5-20(26(27)29)25(21)19-10-9-18(14-22(19)28)24-7-4-12-31-24/h3-14H,15H2,1-2H3,(H2,27,29). The molecule has 2 heterocycles. The summed E-state index contributed by atoms with van der Waals surface area (Å²) >= 11 is 0. The molecule has 5 aromatic rings. The van der Waals surface area contributed by atoms with Gasteiger partial charge in [0.2, 0.25) is 5.91 Å². The minimum Gasteiger partial charge on any atom is -0.496 e. The summed E-state index contributed by atoms with van der Waals surface area (Å²) in [6.07, 6.45) is 1.67. The SMILES string of the molecule is COc1ccc(Cn2c3cc(-c4ccco4)ccc3c3c(C(N)=O)cccc32)cc1C. The van der Waals surface area contributed by atoms with E-state index in [2.05, 4.69) is 22.8 Å². The maximum Gasteiger partial charge on any atom is 0.249 e. The zero-order valence-electron chi connectivity index (χ0n) is 17.4. The van der Waals surface area contributed by atoms with E-state index < -0.39 is 5.91 Å². The van der Waals surface area contributed by atoms with E-state index in [0.717, 1.165) is 50.0 Å². The molecule has 0 bridgehead atoms. The van der Waals surface area contributed by atoms with Crippen LogP contribution in [-0.4, -0.2) is 17.6 Å². The molecule has 0 aliphatic heterocycles. The molecule has 0 spiro atoms. The maximum absolute atomic E-state index is 12.2. The van der Waals surface area contributed by atoms with Crippen LogP contribution in [0.2, 0.25) is 0 Å². The summed E-state index contributed by atoms with van der Waals surface area (Å²) in [5.74, 6) is 1.23. The Balaban J connectivity index is 1.77. The quantitative estimate of drug-likeness (QED) is 0.415. The third-order valence-corrected chi connectivity index (χ3v) is 5.76. The number of hydrogen-bond donors (Lipinski definition) is 1. The molecule has 31 heavy (non-hydrogen) atoms. The van der Waals surface area contributed by atoms with Crippen LogP contribution in [0.25, 0.3) is 33.1 Å². The Bertz CT molecular complexity index is 1430. The molecule has 0 unspecified atom stereocenters. The summed E-state index contributed by atoms with van der Waals surface area (Å²) in [6, 6.07) is 21.9. The molecular weight excluding hydrogens is 388 g/mol. The van der Waals surface area contributed by atoms with Crippen molar-refractivity contribution in [1.29, 1.82) is 0 Å². The fourth-order valence-corrected chi connectivity index (χ4v) is 4.34. The predicted molar refractivity (Wildman–Crippen MR) is 122 cm³/mol. The van der Waals surface area contributed by atoms with Crippen LogP contribution in [0.15, 0.2) is 77.4 Å². The molecule has 3 aromatic carbocycles. The van der Waals surface area contributed by atoms with E-state index in [-0.39, 0.29) is 0 Å². The van der Waals surface area contributed by atoms with Gasteiger partial charge in [0.05, 0.1) is 24.4 Å². The number of furan rings is 1. The molecule has 0 aliphatic carbocycles. The number of rotatable bonds is 5. The van der Waals surface area contributed by atoms with Gasteiger partial charge < -0.3 is 19.5 Å². The van der Waals surface area contributed by atoms with E-state index in [9.17, 15) is 4.79 Å². The number of aromatic nitrogens is 1. The van der Waals surface area contributed by atoms with Gasteiger partial charge >= 0.3 is 0 Å². The van der Waals surface area contributed by atoms with E-state index in [1.54, 1.807) is 19.4 Å². The summed E-state index contributed by atoms with van der Waals surface area (Å²) in [5, 5.41) is 1.87. The van der Waals surface area contributed by atoms with Gasteiger partial charge in [0, 0.05) is 28.4 Å². The second kappa shape index (κ2) is 7.36. The van der Waals surface area contributed by atoms with Crippen LogP contribution in [0.5, 0.6) is 5.75 Å². The van der Waals surface area contributed by atoms with Crippen LogP contribution >= 0.6 is 0 Å². The van der Waals surface area contributed by atoms with Crippen LogP contribution < -0.4 is 10.5 Å². The maximum atomic E-state index is 12.2. The van der Waals surface area contributed by atoms with Gasteiger partial charge in [-0.25, -0.2) is 0 Å². The molecule has 0 fully saturated rings. The fourth-order valence-electron chi connectivity index (χ4n) is 4.34. The lowest BCUT2D eigenvalue weighted by molar-refractivity contribution is 0.100. The first-order valence-electron chi connectivity index (χ1n) is 10.1. The van der Waals surface area contributed by atoms with Crippen molar-refractivity contribution >= 4 is 27.7 Å². The first-order chi connectivity index (χ1) is 15.1. The van der Waals surface area contributed by atoms with Crippen molar-refractivity contribution in [2.75, 3.05) is 7.11 Å². The number of aryl methyl sites for hydroxylation is 1. The largest absolute Gasteiger partial charge is 0.496 e. The highest BCUT2D eigenvalue weighted by Gasteiger charge is 2.18. The van der Waals surface area contributed by atoms with E-state index in [1.807, 2.05) is 49.4 Å². The van der Waals surface area contributed by atoms with E-state index in [4.69, 9.17) is 14.9 Å². The minimum atomic E-state index is -0.431. The molecule has 0 aliphatic rings. The Kier molecular flexibility index (Phi) is 4.51. The van der Waals surface area contributed by atoms with Crippen molar-refractivity contribution in [3.8, 4) is 17.1 Å². The van der Waals surface area contributed by atoms with E-state index in [1.165, 1.54) is 0 Å². The molecule has 1 amide bonds. The van der Waals surface area contributed by atoms with Crippen molar-refractivity contribution in [3.05, 3.63) is 89.7 Å². The van der Waals surface area contributed by atoms with Gasteiger partial charge in [-0.3, -0.25) is 4.79 Å². The Morgan fingerprint density at radius 2 is 1.90 bits per heavy atom. The number of carbonyl (C=O) groups excluding carboxylic acids is 1. The zero-order chi connectivity index (χ0) is 21.5. The second-order valence-electron chi connectivity index (χ2n) is 7.66. The highest BCUT2D eigenvalue weighted by Crippen LogP contribution is 2.35. The number of primary amides is 1. The first-order valence-corrected chi connectivity index (χ1v) is 10.1. The number of hydrogen-bond acceptors (Lipinski definition) is 3. The Morgan fingerprint density at radius 3 is 2.61 bits per heavy atom. The van der Waals surface area contributed by atoms with Gasteiger partial charge in [0.1, 0.15) is 11.5 Å². The van der Waals surface area contributed by atoms with E-state index in [0.29, 0.717) is 12.1 Å². The van der Waals surface area contributed by atoms with Crippen LogP contribution in [0.1, 0.15) is 21.5 Å². The monoisotopic (exact) mass is 410 g/mol. The number of nitrogens with zero attached hydrogens (tertiary/aromatic N) is 1. The average molecular weight is 410 g/mol. The smallest absolute Gasteiger partial charge is 0.249 e. The number of methoxy groups -OCH3 is 1. The van der Waals surface area contributed by atoms with Crippen molar-refractivity contribution in [2.24, 2.45) is 5.73 Å². The van der Waals surface area contributed by atoms with Crippen molar-refractivity contribution in [2.45, 2.75) is 13.5 Å². The summed E-state index contributed by atoms with van der Waals surface area (Å²) in [7, 11) is 1.68. The molecule has 0 saturated carbocycles. The number of benzene rings is 3. The van der Waals surface area contributed by atoms with Gasteiger partial charge in [-0.2, -0.15) is 0 Å². The van der Waals surface area contributed by atoms with Gasteiger partial charge in [0.25, 0.3) is 0 Å². The lowest BCUT2D eigenvalue weighted by Gasteiger charge is -2.11. The summed E-state index contributed by atoms with van der Waals surface area (Å²) < 4.78 is 13.2. The molecule has 154 valence electrons. The summed E-state index contributed by atoms with van der Waals surface area (Å²) in [4.78, 5) is 12.2. The second-order valence-corrected chi connectivity index (χ2v) is 7.66. The van der Waals surface area contributed by atoms with Gasteiger partial charge in [-0.05, 0) is 54.4 Å². The van der Waals surface area contributed by atoms with Crippen molar-refractivity contribution in [1.82, 2.24) is 4.57 Å².